The Labute approximate surface area is 182 Å². The summed E-state index contributed by atoms with van der Waals surface area (Å²) in [5, 5.41) is 15.6. The maximum Gasteiger partial charge on any atom is 0.349 e. The number of carbonyl (C=O) groups excluding carboxylic acids is 1. The van der Waals surface area contributed by atoms with Gasteiger partial charge in [0.15, 0.2) is 6.10 Å². The number of aromatic nitrogens is 2. The van der Waals surface area contributed by atoms with Crippen LogP contribution in [0.25, 0.3) is 10.9 Å². The highest BCUT2D eigenvalue weighted by Gasteiger charge is 2.25. The molecule has 3 aromatic rings. The normalized spacial score (nSPS) is 12.1. The topological polar surface area (TPSA) is 146 Å². The Bertz CT molecular complexity index is 1330. The number of H-pyrrole nitrogens is 1. The number of aromatic amines is 1. The van der Waals surface area contributed by atoms with E-state index in [0.717, 1.165) is 13.3 Å². The molecule has 0 amide bonds. The van der Waals surface area contributed by atoms with Crippen LogP contribution in [-0.4, -0.2) is 40.0 Å². The molecule has 0 saturated carbocycles. The first-order chi connectivity index (χ1) is 14.7. The third-order valence-electron chi connectivity index (χ3n) is 4.18. The van der Waals surface area contributed by atoms with E-state index in [2.05, 4.69) is 30.8 Å². The second kappa shape index (κ2) is 8.92. The Balaban J connectivity index is 2.15. The fourth-order valence-corrected chi connectivity index (χ4v) is 3.19. The van der Waals surface area contributed by atoms with Gasteiger partial charge in [-0.1, -0.05) is 28.1 Å². The number of hydrogen-bond acceptors (Lipinski definition) is 8. The van der Waals surface area contributed by atoms with Crippen molar-refractivity contribution >= 4 is 44.7 Å². The lowest BCUT2D eigenvalue weighted by Gasteiger charge is -2.14. The number of para-hydroxylation sites is 1. The van der Waals surface area contributed by atoms with Gasteiger partial charge < -0.3 is 14.5 Å². The Hall–Kier alpha value is -3.80. The van der Waals surface area contributed by atoms with Crippen molar-refractivity contribution in [3.63, 3.8) is 0 Å². The van der Waals surface area contributed by atoms with Crippen molar-refractivity contribution in [2.45, 2.75) is 13.0 Å². The molecule has 0 spiro atoms. The SMILES string of the molecule is COC(=O)C(C)Oc1c(C=Nn2c(=O)[nH]c3ccccc3c2=O)cc(Br)cc1[N+](=O)[O-]. The van der Waals surface area contributed by atoms with Gasteiger partial charge in [-0.15, -0.1) is 4.68 Å². The molecule has 2 aromatic carbocycles. The van der Waals surface area contributed by atoms with Crippen LogP contribution in [0.4, 0.5) is 5.69 Å². The fourth-order valence-electron chi connectivity index (χ4n) is 2.73. The summed E-state index contributed by atoms with van der Waals surface area (Å²) in [4.78, 5) is 50.0. The molecular weight excluding hydrogens is 476 g/mol. The number of benzene rings is 2. The molecule has 1 atom stereocenters. The molecule has 1 N–H and O–H groups in total. The van der Waals surface area contributed by atoms with Crippen LogP contribution >= 0.6 is 15.9 Å². The van der Waals surface area contributed by atoms with E-state index in [1.54, 1.807) is 18.2 Å². The summed E-state index contributed by atoms with van der Waals surface area (Å²) < 4.78 is 10.9. The quantitative estimate of drug-likeness (QED) is 0.241. The van der Waals surface area contributed by atoms with E-state index < -0.39 is 33.9 Å². The zero-order valence-electron chi connectivity index (χ0n) is 16.2. The van der Waals surface area contributed by atoms with Crippen molar-refractivity contribution in [3.05, 3.63) is 77.4 Å². The van der Waals surface area contributed by atoms with E-state index in [-0.39, 0.29) is 16.7 Å². The molecule has 0 aliphatic heterocycles. The van der Waals surface area contributed by atoms with Gasteiger partial charge in [0.05, 0.1) is 29.2 Å². The first-order valence-electron chi connectivity index (χ1n) is 8.73. The lowest BCUT2D eigenvalue weighted by Crippen LogP contribution is -2.32. The molecule has 0 fully saturated rings. The monoisotopic (exact) mass is 490 g/mol. The molecule has 1 aromatic heterocycles. The Morgan fingerprint density at radius 1 is 1.32 bits per heavy atom. The van der Waals surface area contributed by atoms with Crippen LogP contribution in [0, 0.1) is 10.1 Å². The highest BCUT2D eigenvalue weighted by atomic mass is 79.9. The van der Waals surface area contributed by atoms with Crippen molar-refractivity contribution in [1.29, 1.82) is 0 Å². The molecule has 0 bridgehead atoms. The molecule has 0 aliphatic carbocycles. The zero-order valence-corrected chi connectivity index (χ0v) is 17.8. The van der Waals surface area contributed by atoms with Crippen LogP contribution in [0.3, 0.4) is 0 Å². The van der Waals surface area contributed by atoms with Crippen LogP contribution in [0.1, 0.15) is 12.5 Å². The first-order valence-corrected chi connectivity index (χ1v) is 9.53. The maximum absolute atomic E-state index is 12.6. The highest BCUT2D eigenvalue weighted by Crippen LogP contribution is 2.34. The van der Waals surface area contributed by atoms with Crippen LogP contribution in [-0.2, 0) is 9.53 Å². The van der Waals surface area contributed by atoms with E-state index in [1.807, 2.05) is 0 Å². The summed E-state index contributed by atoms with van der Waals surface area (Å²) in [6.07, 6.45) is -0.105. The number of fused-ring (bicyclic) bond motifs is 1. The van der Waals surface area contributed by atoms with Crippen LogP contribution in [0.5, 0.6) is 5.75 Å². The van der Waals surface area contributed by atoms with Crippen molar-refractivity contribution in [2.24, 2.45) is 5.10 Å². The number of methoxy groups -OCH3 is 1. The third kappa shape index (κ3) is 4.53. The first kappa shape index (κ1) is 21.9. The van der Waals surface area contributed by atoms with Gasteiger partial charge in [0, 0.05) is 16.1 Å². The van der Waals surface area contributed by atoms with E-state index >= 15 is 0 Å². The van der Waals surface area contributed by atoms with E-state index in [0.29, 0.717) is 14.7 Å². The number of nitro benzene ring substituents is 1. The van der Waals surface area contributed by atoms with Crippen LogP contribution in [0.2, 0.25) is 0 Å². The number of ether oxygens (including phenoxy) is 2. The van der Waals surface area contributed by atoms with Gasteiger partial charge in [0.25, 0.3) is 5.56 Å². The molecule has 31 heavy (non-hydrogen) atoms. The van der Waals surface area contributed by atoms with Crippen molar-refractivity contribution in [3.8, 4) is 5.75 Å². The molecule has 160 valence electrons. The molecule has 0 radical (unpaired) electrons. The molecule has 11 nitrogen and oxygen atoms in total. The smallest absolute Gasteiger partial charge is 0.349 e. The van der Waals surface area contributed by atoms with Crippen LogP contribution < -0.4 is 16.0 Å². The van der Waals surface area contributed by atoms with Gasteiger partial charge in [0.1, 0.15) is 0 Å². The second-order valence-corrected chi connectivity index (χ2v) is 7.14. The molecule has 12 heteroatoms. The average Bonchev–Trinajstić information content (AvgIpc) is 2.74. The molecule has 0 saturated heterocycles. The van der Waals surface area contributed by atoms with Crippen molar-refractivity contribution < 1.29 is 19.2 Å². The van der Waals surface area contributed by atoms with E-state index in [1.165, 1.54) is 25.1 Å². The number of halogens is 1. The highest BCUT2D eigenvalue weighted by molar-refractivity contribution is 9.10. The summed E-state index contributed by atoms with van der Waals surface area (Å²) in [5.74, 6) is -1.03. The minimum absolute atomic E-state index is 0.0521. The molecule has 0 aliphatic rings. The van der Waals surface area contributed by atoms with Gasteiger partial charge in [0.2, 0.25) is 5.75 Å². The van der Waals surface area contributed by atoms with Crippen molar-refractivity contribution in [1.82, 2.24) is 9.66 Å². The zero-order chi connectivity index (χ0) is 22.7. The number of rotatable bonds is 6. The Kier molecular flexibility index (Phi) is 6.30. The molecule has 1 heterocycles. The van der Waals surface area contributed by atoms with Gasteiger partial charge >= 0.3 is 17.3 Å². The average molecular weight is 491 g/mol. The number of nitrogens with zero attached hydrogens (tertiary/aromatic N) is 3. The lowest BCUT2D eigenvalue weighted by molar-refractivity contribution is -0.386. The fraction of sp³-hybridized carbons (Fsp3) is 0.158. The van der Waals surface area contributed by atoms with Crippen molar-refractivity contribution in [2.75, 3.05) is 7.11 Å². The number of nitrogens with one attached hydrogen (secondary N) is 1. The maximum atomic E-state index is 12.6. The van der Waals surface area contributed by atoms with E-state index in [9.17, 15) is 24.5 Å². The van der Waals surface area contributed by atoms with Gasteiger partial charge in [-0.2, -0.15) is 5.10 Å². The summed E-state index contributed by atoms with van der Waals surface area (Å²) in [7, 11) is 1.15. The largest absolute Gasteiger partial charge is 0.471 e. The number of hydrogen-bond donors (Lipinski definition) is 1. The second-order valence-electron chi connectivity index (χ2n) is 6.22. The van der Waals surface area contributed by atoms with Crippen LogP contribution in [0.15, 0.2) is 55.6 Å². The summed E-state index contributed by atoms with van der Waals surface area (Å²) >= 11 is 3.16. The number of carbonyl (C=O) groups is 1. The standard InChI is InChI=1S/C19H15BrN4O7/c1-10(18(26)30-2)31-16-11(7-12(20)8-15(16)24(28)29)9-21-23-17(25)13-5-3-4-6-14(13)22-19(23)27/h3-10H,1-2H3,(H,22,27). The Morgan fingerprint density at radius 3 is 2.71 bits per heavy atom. The molecular formula is C19H15BrN4O7. The number of esters is 1. The predicted molar refractivity (Wildman–Crippen MR) is 115 cm³/mol. The third-order valence-corrected chi connectivity index (χ3v) is 4.64. The Morgan fingerprint density at radius 2 is 2.03 bits per heavy atom. The van der Waals surface area contributed by atoms with Gasteiger partial charge in [-0.25, -0.2) is 9.59 Å². The van der Waals surface area contributed by atoms with E-state index in [4.69, 9.17) is 4.74 Å². The molecule has 1 unspecified atom stereocenters. The summed E-state index contributed by atoms with van der Waals surface area (Å²) in [6.45, 7) is 1.36. The van der Waals surface area contributed by atoms with Gasteiger partial charge in [-0.3, -0.25) is 14.9 Å². The minimum Gasteiger partial charge on any atom is -0.471 e. The molecule has 3 rings (SSSR count). The summed E-state index contributed by atoms with van der Waals surface area (Å²) in [5.41, 5.74) is -1.53. The lowest BCUT2D eigenvalue weighted by atomic mass is 10.2. The number of nitro groups is 1. The van der Waals surface area contributed by atoms with Gasteiger partial charge in [-0.05, 0) is 25.1 Å². The minimum atomic E-state index is -1.16. The summed E-state index contributed by atoms with van der Waals surface area (Å²) in [6, 6.07) is 9.01. The predicted octanol–water partition coefficient (Wildman–Crippen LogP) is 2.18.